The fourth-order valence-corrected chi connectivity index (χ4v) is 4.83. The second kappa shape index (κ2) is 6.85. The van der Waals surface area contributed by atoms with E-state index in [9.17, 15) is 9.59 Å². The number of aromatic nitrogens is 2. The number of esters is 1. The van der Waals surface area contributed by atoms with Gasteiger partial charge in [0.1, 0.15) is 4.83 Å². The average molecular weight is 389 g/mol. The number of ether oxygens (including phenoxy) is 1. The zero-order chi connectivity index (χ0) is 18.3. The summed E-state index contributed by atoms with van der Waals surface area (Å²) >= 11 is 7.62. The van der Waals surface area contributed by atoms with Crippen LogP contribution in [-0.2, 0) is 17.6 Å². The molecule has 0 aliphatic heterocycles. The Morgan fingerprint density at radius 1 is 1.35 bits per heavy atom. The third-order valence-corrected chi connectivity index (χ3v) is 5.93. The molecule has 0 N–H and O–H groups in total. The minimum Gasteiger partial charge on any atom is -0.460 e. The highest BCUT2D eigenvalue weighted by Crippen LogP contribution is 2.34. The number of nitrogens with zero attached hydrogens (tertiary/aromatic N) is 2. The topological polar surface area (TPSA) is 61.2 Å². The Morgan fingerprint density at radius 2 is 2.15 bits per heavy atom. The van der Waals surface area contributed by atoms with Gasteiger partial charge in [-0.25, -0.2) is 9.78 Å². The van der Waals surface area contributed by atoms with Crippen LogP contribution in [0, 0.1) is 0 Å². The molecule has 0 atom stereocenters. The first-order valence-electron chi connectivity index (χ1n) is 8.60. The number of halogens is 1. The molecule has 2 aromatic heterocycles. The van der Waals surface area contributed by atoms with Gasteiger partial charge in [-0.15, -0.1) is 11.3 Å². The van der Waals surface area contributed by atoms with Crippen LogP contribution in [0.25, 0.3) is 15.9 Å². The van der Waals surface area contributed by atoms with Crippen molar-refractivity contribution in [1.82, 2.24) is 9.55 Å². The van der Waals surface area contributed by atoms with E-state index in [0.29, 0.717) is 20.9 Å². The molecule has 3 aromatic rings. The van der Waals surface area contributed by atoms with Crippen molar-refractivity contribution in [3.8, 4) is 5.69 Å². The minimum absolute atomic E-state index is 0.00906. The average Bonchev–Trinajstić information content (AvgIpc) is 3.00. The largest absolute Gasteiger partial charge is 0.460 e. The van der Waals surface area contributed by atoms with Crippen molar-refractivity contribution in [3.05, 3.63) is 55.9 Å². The maximum atomic E-state index is 13.4. The smallest absolute Gasteiger partial charge is 0.375 e. The number of rotatable bonds is 3. The van der Waals surface area contributed by atoms with Crippen molar-refractivity contribution in [1.29, 1.82) is 0 Å². The van der Waals surface area contributed by atoms with Gasteiger partial charge in [-0.2, -0.15) is 0 Å². The second-order valence-corrected chi connectivity index (χ2v) is 7.69. The lowest BCUT2D eigenvalue weighted by Crippen LogP contribution is -2.27. The van der Waals surface area contributed by atoms with E-state index >= 15 is 0 Å². The second-order valence-electron chi connectivity index (χ2n) is 6.17. The molecule has 2 heterocycles. The van der Waals surface area contributed by atoms with Crippen molar-refractivity contribution in [2.75, 3.05) is 6.61 Å². The Balaban J connectivity index is 2.06. The van der Waals surface area contributed by atoms with Crippen LogP contribution in [0.15, 0.2) is 29.1 Å². The van der Waals surface area contributed by atoms with Gasteiger partial charge >= 0.3 is 5.97 Å². The lowest BCUT2D eigenvalue weighted by Gasteiger charge is -2.13. The first-order valence-corrected chi connectivity index (χ1v) is 9.80. The van der Waals surface area contributed by atoms with Crippen LogP contribution >= 0.6 is 22.9 Å². The Hall–Kier alpha value is -2.18. The van der Waals surface area contributed by atoms with E-state index in [2.05, 4.69) is 4.98 Å². The van der Waals surface area contributed by atoms with Crippen LogP contribution in [-0.4, -0.2) is 22.1 Å². The Labute approximate surface area is 159 Å². The summed E-state index contributed by atoms with van der Waals surface area (Å²) in [6, 6.07) is 6.85. The molecule has 134 valence electrons. The number of hydrogen-bond acceptors (Lipinski definition) is 5. The highest BCUT2D eigenvalue weighted by atomic mass is 35.5. The van der Waals surface area contributed by atoms with E-state index in [4.69, 9.17) is 16.3 Å². The highest BCUT2D eigenvalue weighted by Gasteiger charge is 2.25. The van der Waals surface area contributed by atoms with Gasteiger partial charge in [0, 0.05) is 9.90 Å². The van der Waals surface area contributed by atoms with E-state index in [1.54, 1.807) is 31.2 Å². The monoisotopic (exact) mass is 388 g/mol. The molecule has 1 aromatic carbocycles. The number of aryl methyl sites for hydroxylation is 2. The van der Waals surface area contributed by atoms with E-state index in [1.807, 2.05) is 0 Å². The lowest BCUT2D eigenvalue weighted by atomic mass is 9.97. The third kappa shape index (κ3) is 2.83. The summed E-state index contributed by atoms with van der Waals surface area (Å²) in [5.41, 5.74) is 1.36. The van der Waals surface area contributed by atoms with Crippen molar-refractivity contribution < 1.29 is 9.53 Å². The molecular formula is C19H17ClN2O3S. The molecule has 0 spiro atoms. The van der Waals surface area contributed by atoms with Gasteiger partial charge in [0.25, 0.3) is 5.56 Å². The quantitative estimate of drug-likeness (QED) is 0.632. The molecule has 0 radical (unpaired) electrons. The summed E-state index contributed by atoms with van der Waals surface area (Å²) in [6.45, 7) is 1.94. The van der Waals surface area contributed by atoms with E-state index in [0.717, 1.165) is 31.2 Å². The van der Waals surface area contributed by atoms with Crippen molar-refractivity contribution in [3.63, 3.8) is 0 Å². The van der Waals surface area contributed by atoms with E-state index < -0.39 is 5.97 Å². The predicted octanol–water partition coefficient (Wildman–Crippen LogP) is 4.16. The number of thiophene rings is 1. The molecule has 5 nitrogen and oxygen atoms in total. The highest BCUT2D eigenvalue weighted by molar-refractivity contribution is 7.18. The van der Waals surface area contributed by atoms with Crippen molar-refractivity contribution >= 4 is 39.1 Å². The summed E-state index contributed by atoms with van der Waals surface area (Å²) in [5, 5.41) is 1.11. The summed E-state index contributed by atoms with van der Waals surface area (Å²) < 4.78 is 6.46. The molecule has 0 fully saturated rings. The molecular weight excluding hydrogens is 372 g/mol. The predicted molar refractivity (Wildman–Crippen MR) is 103 cm³/mol. The number of hydrogen-bond donors (Lipinski definition) is 0. The first-order chi connectivity index (χ1) is 12.6. The fourth-order valence-electron chi connectivity index (χ4n) is 3.39. The fraction of sp³-hybridized carbons (Fsp3) is 0.316. The molecule has 0 saturated carbocycles. The van der Waals surface area contributed by atoms with Crippen LogP contribution in [0.3, 0.4) is 0 Å². The maximum Gasteiger partial charge on any atom is 0.375 e. The number of carbonyl (C=O) groups is 1. The van der Waals surface area contributed by atoms with Crippen LogP contribution in [0.5, 0.6) is 0 Å². The van der Waals surface area contributed by atoms with Gasteiger partial charge in [0.15, 0.2) is 0 Å². The molecule has 0 saturated heterocycles. The van der Waals surface area contributed by atoms with Crippen LogP contribution in [0.4, 0.5) is 0 Å². The molecule has 4 rings (SSSR count). The molecule has 0 unspecified atom stereocenters. The molecule has 1 aliphatic carbocycles. The summed E-state index contributed by atoms with van der Waals surface area (Å²) in [6.07, 6.45) is 4.02. The maximum absolute atomic E-state index is 13.4. The number of fused-ring (bicyclic) bond motifs is 3. The van der Waals surface area contributed by atoms with Gasteiger partial charge in [-0.05, 0) is 56.4 Å². The van der Waals surface area contributed by atoms with Gasteiger partial charge in [-0.3, -0.25) is 9.36 Å². The zero-order valence-corrected chi connectivity index (χ0v) is 15.8. The zero-order valence-electron chi connectivity index (χ0n) is 14.3. The molecule has 0 amide bonds. The summed E-state index contributed by atoms with van der Waals surface area (Å²) in [7, 11) is 0. The van der Waals surface area contributed by atoms with E-state index in [1.165, 1.54) is 20.8 Å². The molecule has 0 bridgehead atoms. The van der Waals surface area contributed by atoms with Gasteiger partial charge in [0.05, 0.1) is 17.7 Å². The number of carbonyl (C=O) groups excluding carboxylic acids is 1. The Morgan fingerprint density at radius 3 is 2.92 bits per heavy atom. The normalized spacial score (nSPS) is 13.6. The SMILES string of the molecule is CCOC(=O)c1nc2sc3c(c2c(=O)n1-c1cccc(Cl)c1)CCCC3. The molecule has 1 aliphatic rings. The lowest BCUT2D eigenvalue weighted by molar-refractivity contribution is 0.0508. The molecule has 26 heavy (non-hydrogen) atoms. The van der Waals surface area contributed by atoms with E-state index in [-0.39, 0.29) is 18.0 Å². The molecule has 7 heteroatoms. The summed E-state index contributed by atoms with van der Waals surface area (Å²) in [4.78, 5) is 32.2. The first kappa shape index (κ1) is 17.2. The van der Waals surface area contributed by atoms with Crippen LogP contribution in [0.2, 0.25) is 5.02 Å². The Kier molecular flexibility index (Phi) is 4.54. The standard InChI is InChI=1S/C19H17ClN2O3S/c1-2-25-19(24)16-21-17-15(13-8-3-4-9-14(13)26-17)18(23)22(16)12-7-5-6-11(20)10-12/h5-7,10H,2-4,8-9H2,1H3. The van der Waals surface area contributed by atoms with Crippen LogP contribution in [0.1, 0.15) is 40.8 Å². The summed E-state index contributed by atoms with van der Waals surface area (Å²) in [5.74, 6) is -0.622. The third-order valence-electron chi connectivity index (χ3n) is 4.51. The number of benzene rings is 1. The van der Waals surface area contributed by atoms with Gasteiger partial charge in [-0.1, -0.05) is 17.7 Å². The van der Waals surface area contributed by atoms with Crippen molar-refractivity contribution in [2.24, 2.45) is 0 Å². The minimum atomic E-state index is -0.613. The van der Waals surface area contributed by atoms with Gasteiger partial charge in [0.2, 0.25) is 5.82 Å². The van der Waals surface area contributed by atoms with Crippen LogP contribution < -0.4 is 5.56 Å². The van der Waals surface area contributed by atoms with Crippen molar-refractivity contribution in [2.45, 2.75) is 32.6 Å². The van der Waals surface area contributed by atoms with Gasteiger partial charge < -0.3 is 4.74 Å². The Bertz CT molecular complexity index is 1070.